The van der Waals surface area contributed by atoms with Crippen molar-refractivity contribution in [2.24, 2.45) is 5.73 Å². The van der Waals surface area contributed by atoms with E-state index in [1.54, 1.807) is 0 Å². The van der Waals surface area contributed by atoms with E-state index in [-0.39, 0.29) is 17.1 Å². The third-order valence-electron chi connectivity index (χ3n) is 1.93. The quantitative estimate of drug-likeness (QED) is 0.787. The summed E-state index contributed by atoms with van der Waals surface area (Å²) in [6.45, 7) is -0.531. The van der Waals surface area contributed by atoms with E-state index in [4.69, 9.17) is 11.5 Å². The summed E-state index contributed by atoms with van der Waals surface area (Å²) in [6, 6.07) is 1.31. The van der Waals surface area contributed by atoms with Crippen molar-refractivity contribution in [2.75, 3.05) is 24.2 Å². The molecule has 88 valence electrons. The maximum Gasteiger partial charge on any atom is 0.255 e. The monoisotopic (exact) mass is 230 g/mol. The van der Waals surface area contributed by atoms with Gasteiger partial charge in [-0.2, -0.15) is 0 Å². The summed E-state index contributed by atoms with van der Waals surface area (Å²) in [7, 11) is 1.40. The summed E-state index contributed by atoms with van der Waals surface area (Å²) in [5.74, 6) is -0.655. The summed E-state index contributed by atoms with van der Waals surface area (Å²) in [5, 5.41) is 0. The molecule has 0 saturated heterocycles. The second-order valence-corrected chi connectivity index (χ2v) is 3.28. The van der Waals surface area contributed by atoms with Gasteiger partial charge in [-0.05, 0) is 6.07 Å². The van der Waals surface area contributed by atoms with E-state index >= 15 is 0 Å². The number of rotatable bonds is 4. The Morgan fingerprint density at radius 2 is 2.25 bits per heavy atom. The zero-order valence-corrected chi connectivity index (χ0v) is 8.65. The number of aromatic nitrogens is 1. The molecule has 0 atom stereocenters. The first-order valence-electron chi connectivity index (χ1n) is 4.46. The van der Waals surface area contributed by atoms with Crippen molar-refractivity contribution < 1.29 is 13.6 Å². The van der Waals surface area contributed by atoms with Crippen LogP contribution in [0.5, 0.6) is 0 Å². The summed E-state index contributed by atoms with van der Waals surface area (Å²) < 4.78 is 24.3. The van der Waals surface area contributed by atoms with Gasteiger partial charge in [-0.25, -0.2) is 13.8 Å². The fraction of sp³-hybridized carbons (Fsp3) is 0.333. The van der Waals surface area contributed by atoms with Crippen molar-refractivity contribution in [2.45, 2.75) is 6.43 Å². The van der Waals surface area contributed by atoms with Gasteiger partial charge in [0.1, 0.15) is 5.82 Å². The number of alkyl halides is 2. The number of anilines is 2. The largest absolute Gasteiger partial charge is 0.397 e. The van der Waals surface area contributed by atoms with Crippen molar-refractivity contribution in [3.63, 3.8) is 0 Å². The van der Waals surface area contributed by atoms with Crippen LogP contribution in [0.2, 0.25) is 0 Å². The minimum absolute atomic E-state index is 0.0307. The summed E-state index contributed by atoms with van der Waals surface area (Å²) in [4.78, 5) is 16.1. The van der Waals surface area contributed by atoms with E-state index < -0.39 is 18.9 Å². The van der Waals surface area contributed by atoms with Crippen LogP contribution in [0.4, 0.5) is 20.3 Å². The molecule has 7 heteroatoms. The van der Waals surface area contributed by atoms with Crippen LogP contribution >= 0.6 is 0 Å². The molecule has 0 radical (unpaired) electrons. The molecule has 0 aliphatic carbocycles. The molecular weight excluding hydrogens is 218 g/mol. The van der Waals surface area contributed by atoms with Gasteiger partial charge in [0.25, 0.3) is 12.3 Å². The number of nitrogens with two attached hydrogens (primary N) is 2. The van der Waals surface area contributed by atoms with E-state index in [1.165, 1.54) is 19.3 Å². The second-order valence-electron chi connectivity index (χ2n) is 3.28. The highest BCUT2D eigenvalue weighted by atomic mass is 19.3. The van der Waals surface area contributed by atoms with Crippen molar-refractivity contribution >= 4 is 17.4 Å². The highest BCUT2D eigenvalue weighted by molar-refractivity contribution is 5.98. The van der Waals surface area contributed by atoms with Crippen molar-refractivity contribution in [3.8, 4) is 0 Å². The van der Waals surface area contributed by atoms with Gasteiger partial charge in [-0.3, -0.25) is 4.79 Å². The summed E-state index contributed by atoms with van der Waals surface area (Å²) in [6.07, 6.45) is -1.24. The van der Waals surface area contributed by atoms with Gasteiger partial charge in [0.05, 0.1) is 24.0 Å². The SMILES string of the molecule is CN(CC(F)F)c1ncc(N)cc1C(N)=O. The Morgan fingerprint density at radius 3 is 2.75 bits per heavy atom. The first-order chi connectivity index (χ1) is 7.41. The topological polar surface area (TPSA) is 85.2 Å². The van der Waals surface area contributed by atoms with Crippen molar-refractivity contribution in [1.29, 1.82) is 0 Å². The average Bonchev–Trinajstić information content (AvgIpc) is 2.16. The number of pyridine rings is 1. The number of hydrogen-bond donors (Lipinski definition) is 2. The average molecular weight is 230 g/mol. The van der Waals surface area contributed by atoms with Gasteiger partial charge in [-0.15, -0.1) is 0 Å². The van der Waals surface area contributed by atoms with Crippen LogP contribution in [0, 0.1) is 0 Å². The van der Waals surface area contributed by atoms with Crippen LogP contribution in [-0.4, -0.2) is 30.9 Å². The van der Waals surface area contributed by atoms with Crippen LogP contribution in [-0.2, 0) is 0 Å². The number of primary amides is 1. The maximum atomic E-state index is 12.2. The molecule has 0 spiro atoms. The Labute approximate surface area is 91.0 Å². The van der Waals surface area contributed by atoms with E-state index in [9.17, 15) is 13.6 Å². The molecule has 0 unspecified atom stereocenters. The normalized spacial score (nSPS) is 10.5. The Hall–Kier alpha value is -1.92. The van der Waals surface area contributed by atoms with Crippen LogP contribution in [0.3, 0.4) is 0 Å². The van der Waals surface area contributed by atoms with Crippen molar-refractivity contribution in [3.05, 3.63) is 17.8 Å². The molecule has 0 saturated carbocycles. The van der Waals surface area contributed by atoms with E-state index in [2.05, 4.69) is 4.98 Å². The fourth-order valence-corrected chi connectivity index (χ4v) is 1.25. The van der Waals surface area contributed by atoms with E-state index in [0.29, 0.717) is 0 Å². The number of carbonyl (C=O) groups excluding carboxylic acids is 1. The molecule has 0 bridgehead atoms. The first kappa shape index (κ1) is 12.2. The van der Waals surface area contributed by atoms with Crippen LogP contribution in [0.25, 0.3) is 0 Å². The molecule has 1 amide bonds. The van der Waals surface area contributed by atoms with Gasteiger partial charge in [-0.1, -0.05) is 0 Å². The van der Waals surface area contributed by atoms with E-state index in [1.807, 2.05) is 0 Å². The minimum Gasteiger partial charge on any atom is -0.397 e. The van der Waals surface area contributed by atoms with Gasteiger partial charge in [0.2, 0.25) is 0 Å². The lowest BCUT2D eigenvalue weighted by Crippen LogP contribution is -2.28. The predicted molar refractivity (Wildman–Crippen MR) is 56.4 cm³/mol. The zero-order valence-electron chi connectivity index (χ0n) is 8.65. The third-order valence-corrected chi connectivity index (χ3v) is 1.93. The summed E-state index contributed by atoms with van der Waals surface area (Å²) >= 11 is 0. The first-order valence-corrected chi connectivity index (χ1v) is 4.46. The lowest BCUT2D eigenvalue weighted by atomic mass is 10.2. The number of carbonyl (C=O) groups is 1. The number of hydrogen-bond acceptors (Lipinski definition) is 4. The Morgan fingerprint density at radius 1 is 1.62 bits per heavy atom. The molecule has 16 heavy (non-hydrogen) atoms. The van der Waals surface area contributed by atoms with Gasteiger partial charge < -0.3 is 16.4 Å². The summed E-state index contributed by atoms with van der Waals surface area (Å²) in [5.41, 5.74) is 10.8. The molecule has 1 aromatic heterocycles. The zero-order chi connectivity index (χ0) is 12.3. The Bertz CT molecular complexity index is 397. The van der Waals surface area contributed by atoms with Crippen LogP contribution in [0.15, 0.2) is 12.3 Å². The predicted octanol–water partition coefficient (Wildman–Crippen LogP) is 0.464. The number of nitrogen functional groups attached to an aromatic ring is 1. The standard InChI is InChI=1S/C9H12F2N4O/c1-15(4-7(10)11)9-6(8(13)16)2-5(12)3-14-9/h2-3,7H,4,12H2,1H3,(H2,13,16). The lowest BCUT2D eigenvalue weighted by molar-refractivity contribution is 0.0999. The molecule has 1 rings (SSSR count). The lowest BCUT2D eigenvalue weighted by Gasteiger charge is -2.19. The van der Waals surface area contributed by atoms with Crippen LogP contribution < -0.4 is 16.4 Å². The molecule has 1 aromatic rings. The second kappa shape index (κ2) is 4.73. The third kappa shape index (κ3) is 2.78. The van der Waals surface area contributed by atoms with Crippen LogP contribution in [0.1, 0.15) is 10.4 Å². The highest BCUT2D eigenvalue weighted by Gasteiger charge is 2.16. The molecule has 0 aliphatic heterocycles. The number of halogens is 2. The molecule has 4 N–H and O–H groups in total. The maximum absolute atomic E-state index is 12.2. The molecule has 0 aliphatic rings. The molecular formula is C9H12F2N4O. The van der Waals surface area contributed by atoms with Gasteiger partial charge >= 0.3 is 0 Å². The smallest absolute Gasteiger partial charge is 0.255 e. The molecule has 5 nitrogen and oxygen atoms in total. The minimum atomic E-state index is -2.52. The van der Waals surface area contributed by atoms with Crippen molar-refractivity contribution in [1.82, 2.24) is 4.98 Å². The van der Waals surface area contributed by atoms with E-state index in [0.717, 1.165) is 4.90 Å². The number of amides is 1. The molecule has 1 heterocycles. The molecule has 0 fully saturated rings. The van der Waals surface area contributed by atoms with Gasteiger partial charge in [0, 0.05) is 7.05 Å². The Kier molecular flexibility index (Phi) is 3.60. The fourth-order valence-electron chi connectivity index (χ4n) is 1.25. The van der Waals surface area contributed by atoms with Gasteiger partial charge in [0.15, 0.2) is 0 Å². The number of nitrogens with zero attached hydrogens (tertiary/aromatic N) is 2. The molecule has 0 aromatic carbocycles. The Balaban J connectivity index is 3.07. The highest BCUT2D eigenvalue weighted by Crippen LogP contribution is 2.19.